The summed E-state index contributed by atoms with van der Waals surface area (Å²) in [6.07, 6.45) is 46.6. The quantitative estimate of drug-likeness (QED) is 0.0302. The maximum atomic E-state index is 12.2. The zero-order valence-electron chi connectivity index (χ0n) is 37.4. The summed E-state index contributed by atoms with van der Waals surface area (Å²) in [6.45, 7) is 1.73. The number of hydrogen-bond acceptors (Lipinski definition) is 9. The molecule has 4 N–H and O–H groups in total. The minimum atomic E-state index is -4.66. The van der Waals surface area contributed by atoms with Crippen molar-refractivity contribution >= 4 is 25.7 Å². The summed E-state index contributed by atoms with van der Waals surface area (Å²) in [7, 11) is -4.66. The van der Waals surface area contributed by atoms with Crippen LogP contribution in [0.3, 0.4) is 0 Å². The lowest BCUT2D eigenvalue weighted by Gasteiger charge is -2.19. The number of carbonyl (C=O) groups is 3. The average molecular weight is 848 g/mol. The Balaban J connectivity index is 3.45. The Morgan fingerprint density at radius 3 is 1.09 bits per heavy atom. The van der Waals surface area contributed by atoms with E-state index in [4.69, 9.17) is 24.8 Å². The molecule has 0 heterocycles. The average Bonchev–Trinajstić information content (AvgIpc) is 3.19. The van der Waals surface area contributed by atoms with Crippen LogP contribution in [0.2, 0.25) is 0 Å². The van der Waals surface area contributed by atoms with Crippen LogP contribution in [0.5, 0.6) is 0 Å². The summed E-state index contributed by atoms with van der Waals surface area (Å²) in [5.74, 6) is -2.56. The van der Waals surface area contributed by atoms with Gasteiger partial charge in [-0.1, -0.05) is 225 Å². The van der Waals surface area contributed by atoms with Crippen LogP contribution in [-0.2, 0) is 37.5 Å². The summed E-state index contributed by atoms with van der Waals surface area (Å²) in [5.41, 5.74) is 5.24. The van der Waals surface area contributed by atoms with Crippen LogP contribution in [0.25, 0.3) is 0 Å². The van der Waals surface area contributed by atoms with Crippen LogP contribution in [-0.4, -0.2) is 59.9 Å². The molecule has 0 radical (unpaired) electrons. The van der Waals surface area contributed by atoms with Crippen molar-refractivity contribution in [3.05, 3.63) is 0 Å². The number of ether oxygens (including phenoxy) is 2. The second-order valence-corrected chi connectivity index (χ2v) is 18.1. The summed E-state index contributed by atoms with van der Waals surface area (Å²) in [4.78, 5) is 44.0. The molecule has 0 aromatic heterocycles. The third-order valence-electron chi connectivity index (χ3n) is 10.9. The van der Waals surface area contributed by atoms with Crippen LogP contribution < -0.4 is 5.73 Å². The zero-order valence-corrected chi connectivity index (χ0v) is 38.3. The van der Waals surface area contributed by atoms with Crippen molar-refractivity contribution in [1.29, 1.82) is 0 Å². The van der Waals surface area contributed by atoms with Gasteiger partial charge in [-0.3, -0.25) is 23.4 Å². The fourth-order valence-corrected chi connectivity index (χ4v) is 8.02. The minimum absolute atomic E-state index is 0.224. The summed E-state index contributed by atoms with van der Waals surface area (Å²) < 4.78 is 31.4. The second-order valence-electron chi connectivity index (χ2n) is 16.7. The molecular weight excluding hydrogens is 757 g/mol. The Labute approximate surface area is 355 Å². The molecule has 58 heavy (non-hydrogen) atoms. The molecule has 11 nitrogen and oxygen atoms in total. The Morgan fingerprint density at radius 1 is 0.500 bits per heavy atom. The Bertz CT molecular complexity index is 1000. The molecule has 0 spiro atoms. The minimum Gasteiger partial charge on any atom is -0.480 e. The third kappa shape index (κ3) is 42.6. The highest BCUT2D eigenvalue weighted by Crippen LogP contribution is 2.43. The van der Waals surface area contributed by atoms with Crippen molar-refractivity contribution in [2.75, 3.05) is 19.8 Å². The molecule has 3 atom stereocenters. The molecule has 0 aromatic rings. The van der Waals surface area contributed by atoms with Gasteiger partial charge in [-0.15, -0.1) is 0 Å². The number of phosphoric ester groups is 1. The molecular formula is C46H90NO10P. The van der Waals surface area contributed by atoms with Crippen molar-refractivity contribution < 1.29 is 47.5 Å². The summed E-state index contributed by atoms with van der Waals surface area (Å²) >= 11 is 0. The highest BCUT2D eigenvalue weighted by Gasteiger charge is 2.27. The number of hydrogen-bond donors (Lipinski definition) is 3. The first kappa shape index (κ1) is 56.5. The van der Waals surface area contributed by atoms with Crippen molar-refractivity contribution in [3.63, 3.8) is 0 Å². The maximum Gasteiger partial charge on any atom is 0.472 e. The molecule has 0 bridgehead atoms. The highest BCUT2D eigenvalue weighted by atomic mass is 31.2. The number of esters is 2. The van der Waals surface area contributed by atoms with E-state index in [9.17, 15) is 23.8 Å². The number of carboxylic acids is 1. The van der Waals surface area contributed by atoms with Crippen LogP contribution in [0, 0.1) is 0 Å². The van der Waals surface area contributed by atoms with Gasteiger partial charge in [0.05, 0.1) is 13.2 Å². The van der Waals surface area contributed by atoms with Crippen LogP contribution in [0.4, 0.5) is 0 Å². The van der Waals surface area contributed by atoms with E-state index in [1.807, 2.05) is 0 Å². The van der Waals surface area contributed by atoms with E-state index in [1.165, 1.54) is 199 Å². The van der Waals surface area contributed by atoms with Crippen molar-refractivity contribution in [3.8, 4) is 0 Å². The number of carbonyl (C=O) groups excluding carboxylic acids is 2. The van der Waals surface area contributed by atoms with Gasteiger partial charge in [0, 0.05) is 13.3 Å². The molecule has 0 fully saturated rings. The molecule has 0 aromatic carbocycles. The topological polar surface area (TPSA) is 172 Å². The molecule has 0 saturated carbocycles. The first-order valence-electron chi connectivity index (χ1n) is 24.0. The second kappa shape index (κ2) is 42.2. The third-order valence-corrected chi connectivity index (χ3v) is 11.9. The SMILES string of the molecule is CCCCCCCCCCCCCCCCCCCCCCCCCCCCCCCCCCCCCC(=O)OC[C@H](COP(=O)(O)OC[C@H](N)C(=O)O)OC(C)=O. The van der Waals surface area contributed by atoms with Crippen LogP contribution in [0.15, 0.2) is 0 Å². The molecule has 1 unspecified atom stereocenters. The van der Waals surface area contributed by atoms with Gasteiger partial charge in [0.25, 0.3) is 0 Å². The van der Waals surface area contributed by atoms with Crippen molar-refractivity contribution in [2.45, 2.75) is 257 Å². The van der Waals surface area contributed by atoms with Crippen molar-refractivity contribution in [1.82, 2.24) is 0 Å². The monoisotopic (exact) mass is 848 g/mol. The van der Waals surface area contributed by atoms with Crippen LogP contribution in [0.1, 0.15) is 245 Å². The van der Waals surface area contributed by atoms with E-state index in [-0.39, 0.29) is 13.0 Å². The van der Waals surface area contributed by atoms with Crippen LogP contribution >= 0.6 is 7.82 Å². The van der Waals surface area contributed by atoms with Gasteiger partial charge in [0.1, 0.15) is 12.6 Å². The van der Waals surface area contributed by atoms with E-state index in [0.717, 1.165) is 26.2 Å². The van der Waals surface area contributed by atoms with E-state index in [0.29, 0.717) is 6.42 Å². The lowest BCUT2D eigenvalue weighted by atomic mass is 10.0. The van der Waals surface area contributed by atoms with Gasteiger partial charge in [0.2, 0.25) is 0 Å². The Hall–Kier alpha value is -1.52. The van der Waals surface area contributed by atoms with E-state index >= 15 is 0 Å². The van der Waals surface area contributed by atoms with Gasteiger partial charge in [-0.05, 0) is 6.42 Å². The zero-order chi connectivity index (χ0) is 42.8. The molecule has 0 rings (SSSR count). The van der Waals surface area contributed by atoms with Gasteiger partial charge in [0.15, 0.2) is 6.10 Å². The molecule has 0 aliphatic rings. The van der Waals surface area contributed by atoms with Gasteiger partial charge >= 0.3 is 25.7 Å². The lowest BCUT2D eigenvalue weighted by molar-refractivity contribution is -0.159. The van der Waals surface area contributed by atoms with Crippen molar-refractivity contribution in [2.24, 2.45) is 5.73 Å². The summed E-state index contributed by atoms with van der Waals surface area (Å²) in [6, 6.07) is -1.51. The molecule has 0 aliphatic heterocycles. The number of aliphatic carboxylic acids is 1. The number of unbranched alkanes of at least 4 members (excludes halogenated alkanes) is 34. The fraction of sp³-hybridized carbons (Fsp3) is 0.935. The standard InChI is InChI=1S/C46H90NO10P/c1-3-4-5-6-7-8-9-10-11-12-13-14-15-16-17-18-19-20-21-22-23-24-25-26-27-28-29-30-31-32-33-34-35-36-37-38-45(49)54-39-43(57-42(2)48)40-55-58(52,53)56-41-44(47)46(50)51/h43-44H,3-41,47H2,1-2H3,(H,50,51)(H,52,53)/t43-,44+/m1/s1. The first-order chi connectivity index (χ1) is 28.1. The lowest BCUT2D eigenvalue weighted by Crippen LogP contribution is -2.34. The number of carboxylic acid groups (broad SMARTS) is 1. The molecule has 0 saturated heterocycles. The fourth-order valence-electron chi connectivity index (χ4n) is 7.25. The van der Waals surface area contributed by atoms with E-state index in [2.05, 4.69) is 11.4 Å². The van der Waals surface area contributed by atoms with Gasteiger partial charge in [-0.2, -0.15) is 0 Å². The Kier molecular flexibility index (Phi) is 41.1. The molecule has 12 heteroatoms. The number of nitrogens with two attached hydrogens (primary N) is 1. The largest absolute Gasteiger partial charge is 0.480 e. The molecule has 0 aliphatic carbocycles. The maximum absolute atomic E-state index is 12.2. The highest BCUT2D eigenvalue weighted by molar-refractivity contribution is 7.47. The Morgan fingerprint density at radius 2 is 0.793 bits per heavy atom. The predicted molar refractivity (Wildman–Crippen MR) is 236 cm³/mol. The normalized spacial score (nSPS) is 13.6. The molecule has 0 amide bonds. The van der Waals surface area contributed by atoms with Gasteiger partial charge in [-0.25, -0.2) is 4.57 Å². The predicted octanol–water partition coefficient (Wildman–Crippen LogP) is 13.1. The molecule has 344 valence electrons. The number of rotatable bonds is 46. The smallest absolute Gasteiger partial charge is 0.472 e. The van der Waals surface area contributed by atoms with E-state index < -0.39 is 51.1 Å². The number of phosphoric acid groups is 1. The first-order valence-corrected chi connectivity index (χ1v) is 25.5. The summed E-state index contributed by atoms with van der Waals surface area (Å²) in [5, 5.41) is 8.74. The van der Waals surface area contributed by atoms with E-state index in [1.54, 1.807) is 0 Å². The van der Waals surface area contributed by atoms with Gasteiger partial charge < -0.3 is 25.2 Å².